The minimum Gasteiger partial charge on any atom is -0.319 e. The molecule has 3 rings (SSSR count). The Balaban J connectivity index is 1.69. The van der Waals surface area contributed by atoms with Crippen LogP contribution in [0.2, 0.25) is 5.02 Å². The normalized spacial score (nSPS) is 10.5. The number of nitrogens with one attached hydrogen (secondary N) is 1. The zero-order valence-corrected chi connectivity index (χ0v) is 12.8. The van der Waals surface area contributed by atoms with Crippen LogP contribution < -0.4 is 5.32 Å². The number of anilines is 1. The molecule has 0 bridgehead atoms. The average molecular weight is 330 g/mol. The summed E-state index contributed by atoms with van der Waals surface area (Å²) >= 11 is 5.82. The van der Waals surface area contributed by atoms with Gasteiger partial charge in [0.2, 0.25) is 0 Å². The molecule has 0 saturated heterocycles. The Morgan fingerprint density at radius 1 is 1.17 bits per heavy atom. The second kappa shape index (κ2) is 6.62. The smallest absolute Gasteiger partial charge is 0.255 e. The van der Waals surface area contributed by atoms with Gasteiger partial charge < -0.3 is 5.32 Å². The fourth-order valence-corrected chi connectivity index (χ4v) is 2.29. The Morgan fingerprint density at radius 3 is 2.57 bits per heavy atom. The molecule has 4 nitrogen and oxygen atoms in total. The molecule has 2 aromatic carbocycles. The number of benzene rings is 2. The molecule has 0 fully saturated rings. The van der Waals surface area contributed by atoms with E-state index in [4.69, 9.17) is 11.6 Å². The summed E-state index contributed by atoms with van der Waals surface area (Å²) in [5.41, 5.74) is 1.59. The largest absolute Gasteiger partial charge is 0.319 e. The van der Waals surface area contributed by atoms with Crippen LogP contribution in [0.1, 0.15) is 15.9 Å². The number of hydrogen-bond donors (Lipinski definition) is 1. The SMILES string of the molecule is O=C(Nc1ccccc1F)c1ccc(Cn2cc(Cl)cn2)cc1. The molecular formula is C17H13ClFN3O. The Hall–Kier alpha value is -2.66. The van der Waals surface area contributed by atoms with E-state index in [2.05, 4.69) is 10.4 Å². The van der Waals surface area contributed by atoms with Crippen molar-refractivity contribution < 1.29 is 9.18 Å². The van der Waals surface area contributed by atoms with E-state index < -0.39 is 5.82 Å². The molecule has 0 aliphatic rings. The van der Waals surface area contributed by atoms with Gasteiger partial charge in [0.05, 0.1) is 23.5 Å². The fraction of sp³-hybridized carbons (Fsp3) is 0.0588. The van der Waals surface area contributed by atoms with Crippen molar-refractivity contribution in [2.45, 2.75) is 6.54 Å². The third-order valence-electron chi connectivity index (χ3n) is 3.28. The van der Waals surface area contributed by atoms with Gasteiger partial charge in [-0.3, -0.25) is 9.48 Å². The molecule has 3 aromatic rings. The lowest BCUT2D eigenvalue weighted by molar-refractivity contribution is 0.102. The summed E-state index contributed by atoms with van der Waals surface area (Å²) < 4.78 is 15.2. The highest BCUT2D eigenvalue weighted by atomic mass is 35.5. The highest BCUT2D eigenvalue weighted by Gasteiger charge is 2.09. The van der Waals surface area contributed by atoms with Gasteiger partial charge in [0, 0.05) is 11.8 Å². The third-order valence-corrected chi connectivity index (χ3v) is 3.48. The first kappa shape index (κ1) is 15.2. The lowest BCUT2D eigenvalue weighted by atomic mass is 10.1. The molecule has 1 amide bonds. The summed E-state index contributed by atoms with van der Waals surface area (Å²) in [6.45, 7) is 0.557. The van der Waals surface area contributed by atoms with Gasteiger partial charge in [-0.1, -0.05) is 35.9 Å². The van der Waals surface area contributed by atoms with Gasteiger partial charge in [0.1, 0.15) is 5.82 Å². The molecule has 1 N–H and O–H groups in total. The van der Waals surface area contributed by atoms with Gasteiger partial charge in [0.15, 0.2) is 0 Å². The van der Waals surface area contributed by atoms with Gasteiger partial charge in [-0.2, -0.15) is 5.10 Å². The van der Waals surface area contributed by atoms with E-state index in [9.17, 15) is 9.18 Å². The summed E-state index contributed by atoms with van der Waals surface area (Å²) in [7, 11) is 0. The first-order valence-corrected chi connectivity index (χ1v) is 7.32. The van der Waals surface area contributed by atoms with Crippen LogP contribution in [0.25, 0.3) is 0 Å². The van der Waals surface area contributed by atoms with E-state index in [1.54, 1.807) is 41.3 Å². The maximum Gasteiger partial charge on any atom is 0.255 e. The molecule has 1 heterocycles. The first-order chi connectivity index (χ1) is 11.1. The van der Waals surface area contributed by atoms with Gasteiger partial charge in [-0.05, 0) is 29.8 Å². The second-order valence-corrected chi connectivity index (χ2v) is 5.42. The number of para-hydroxylation sites is 1. The summed E-state index contributed by atoms with van der Waals surface area (Å²) in [4.78, 5) is 12.1. The molecule has 1 aromatic heterocycles. The molecule has 0 unspecified atom stereocenters. The van der Waals surface area contributed by atoms with Crippen LogP contribution >= 0.6 is 11.6 Å². The number of aromatic nitrogens is 2. The Bertz CT molecular complexity index is 830. The number of hydrogen-bond acceptors (Lipinski definition) is 2. The molecule has 0 radical (unpaired) electrons. The van der Waals surface area contributed by atoms with Crippen LogP contribution in [0.4, 0.5) is 10.1 Å². The van der Waals surface area contributed by atoms with Crippen molar-refractivity contribution in [3.63, 3.8) is 0 Å². The topological polar surface area (TPSA) is 46.9 Å². The van der Waals surface area contributed by atoms with Crippen molar-refractivity contribution in [1.82, 2.24) is 9.78 Å². The van der Waals surface area contributed by atoms with Crippen molar-refractivity contribution in [3.05, 3.63) is 82.9 Å². The van der Waals surface area contributed by atoms with Gasteiger partial charge in [-0.15, -0.1) is 0 Å². The molecule has 0 atom stereocenters. The van der Waals surface area contributed by atoms with Crippen LogP contribution in [0, 0.1) is 5.82 Å². The minimum atomic E-state index is -0.465. The molecule has 0 aliphatic carbocycles. The number of rotatable bonds is 4. The van der Waals surface area contributed by atoms with Crippen molar-refractivity contribution >= 4 is 23.2 Å². The van der Waals surface area contributed by atoms with E-state index in [1.807, 2.05) is 12.1 Å². The molecular weight excluding hydrogens is 317 g/mol. The number of nitrogens with zero attached hydrogens (tertiary/aromatic N) is 2. The molecule has 116 valence electrons. The molecule has 6 heteroatoms. The predicted molar refractivity (Wildman–Crippen MR) is 87.1 cm³/mol. The Labute approximate surface area is 137 Å². The van der Waals surface area contributed by atoms with Crippen LogP contribution in [0.3, 0.4) is 0 Å². The number of amides is 1. The number of carbonyl (C=O) groups excluding carboxylic acids is 1. The third kappa shape index (κ3) is 3.76. The summed E-state index contributed by atoms with van der Waals surface area (Å²) in [5.74, 6) is -0.822. The van der Waals surface area contributed by atoms with Crippen LogP contribution in [-0.4, -0.2) is 15.7 Å². The van der Waals surface area contributed by atoms with E-state index in [0.717, 1.165) is 5.56 Å². The van der Waals surface area contributed by atoms with E-state index >= 15 is 0 Å². The predicted octanol–water partition coefficient (Wildman–Crippen LogP) is 3.98. The van der Waals surface area contributed by atoms with Crippen molar-refractivity contribution in [2.75, 3.05) is 5.32 Å². The zero-order chi connectivity index (χ0) is 16.2. The van der Waals surface area contributed by atoms with Gasteiger partial charge >= 0.3 is 0 Å². The molecule has 0 saturated carbocycles. The zero-order valence-electron chi connectivity index (χ0n) is 12.0. The fourth-order valence-electron chi connectivity index (χ4n) is 2.13. The minimum absolute atomic E-state index is 0.160. The molecule has 23 heavy (non-hydrogen) atoms. The summed E-state index contributed by atoms with van der Waals surface area (Å²) in [6, 6.07) is 13.1. The van der Waals surface area contributed by atoms with E-state index in [0.29, 0.717) is 17.1 Å². The number of halogens is 2. The summed E-state index contributed by atoms with van der Waals surface area (Å²) in [6.07, 6.45) is 3.29. The van der Waals surface area contributed by atoms with E-state index in [1.165, 1.54) is 12.1 Å². The van der Waals surface area contributed by atoms with Crippen molar-refractivity contribution in [1.29, 1.82) is 0 Å². The Kier molecular flexibility index (Phi) is 4.39. The lowest BCUT2D eigenvalue weighted by Gasteiger charge is -2.07. The van der Waals surface area contributed by atoms with Crippen molar-refractivity contribution in [3.8, 4) is 0 Å². The maximum absolute atomic E-state index is 13.5. The first-order valence-electron chi connectivity index (χ1n) is 6.94. The average Bonchev–Trinajstić information content (AvgIpc) is 2.95. The van der Waals surface area contributed by atoms with Crippen LogP contribution in [0.5, 0.6) is 0 Å². The number of carbonyl (C=O) groups is 1. The van der Waals surface area contributed by atoms with E-state index in [-0.39, 0.29) is 11.6 Å². The highest BCUT2D eigenvalue weighted by Crippen LogP contribution is 2.15. The van der Waals surface area contributed by atoms with Gasteiger partial charge in [-0.25, -0.2) is 4.39 Å². The van der Waals surface area contributed by atoms with Crippen molar-refractivity contribution in [2.24, 2.45) is 0 Å². The standard InChI is InChI=1S/C17H13ClFN3O/c18-14-9-20-22(11-14)10-12-5-7-13(8-6-12)17(23)21-16-4-2-1-3-15(16)19/h1-9,11H,10H2,(H,21,23). The van der Waals surface area contributed by atoms with Crippen LogP contribution in [0.15, 0.2) is 60.9 Å². The van der Waals surface area contributed by atoms with Gasteiger partial charge in [0.25, 0.3) is 5.91 Å². The maximum atomic E-state index is 13.5. The van der Waals surface area contributed by atoms with Crippen LogP contribution in [-0.2, 0) is 6.54 Å². The second-order valence-electron chi connectivity index (χ2n) is 4.99. The molecule has 0 spiro atoms. The molecule has 0 aliphatic heterocycles. The lowest BCUT2D eigenvalue weighted by Crippen LogP contribution is -2.13. The monoisotopic (exact) mass is 329 g/mol. The Morgan fingerprint density at radius 2 is 1.91 bits per heavy atom. The highest BCUT2D eigenvalue weighted by molar-refractivity contribution is 6.30. The summed E-state index contributed by atoms with van der Waals surface area (Å²) in [5, 5.41) is 7.22. The quantitative estimate of drug-likeness (QED) is 0.787.